The molecule has 0 radical (unpaired) electrons. The van der Waals surface area contributed by atoms with Crippen LogP contribution in [0.2, 0.25) is 0 Å². The normalized spacial score (nSPS) is 22.0. The molecule has 1 fully saturated rings. The molecule has 2 aromatic rings. The van der Waals surface area contributed by atoms with E-state index in [9.17, 15) is 10.2 Å². The molecule has 0 spiro atoms. The van der Waals surface area contributed by atoms with Crippen LogP contribution in [0.15, 0.2) is 53.7 Å². The van der Waals surface area contributed by atoms with Crippen LogP contribution in [-0.4, -0.2) is 49.0 Å². The summed E-state index contributed by atoms with van der Waals surface area (Å²) < 4.78 is 11.6. The van der Waals surface area contributed by atoms with Crippen LogP contribution < -0.4 is 4.74 Å². The number of hydrogen-bond acceptors (Lipinski definition) is 6. The zero-order valence-electron chi connectivity index (χ0n) is 16.7. The number of aliphatic hydroxyl groups is 2. The minimum atomic E-state index is -0.442. The Bertz CT molecular complexity index is 777. The molecule has 0 saturated carbocycles. The van der Waals surface area contributed by atoms with E-state index in [0.29, 0.717) is 25.9 Å². The van der Waals surface area contributed by atoms with Gasteiger partial charge in [-0.2, -0.15) is 0 Å². The largest absolute Gasteiger partial charge is 0.493 e. The predicted molar refractivity (Wildman–Crippen MR) is 111 cm³/mol. The summed E-state index contributed by atoms with van der Waals surface area (Å²) in [5, 5.41) is 23.1. The van der Waals surface area contributed by atoms with Gasteiger partial charge in [-0.3, -0.25) is 0 Å². The third-order valence-electron chi connectivity index (χ3n) is 4.93. The van der Waals surface area contributed by atoms with E-state index < -0.39 is 6.10 Å². The zero-order valence-corrected chi connectivity index (χ0v) is 16.7. The Balaban J connectivity index is 1.58. The van der Waals surface area contributed by atoms with Crippen molar-refractivity contribution in [3.8, 4) is 5.75 Å². The standard InChI is InChI=1S/C23H29NO5/c1-27-24-10-3-11-28-21-8-6-17(7-9-21)12-18-4-2-5-19(13-18)23-15-20(26)14-22(16-25)29-23/h2,4-10,13,20,22-23,25-26H,3,11-12,14-16H2,1H3/b24-10+/t20?,22?,23-/m1/s1. The lowest BCUT2D eigenvalue weighted by molar-refractivity contribution is -0.113. The summed E-state index contributed by atoms with van der Waals surface area (Å²) in [6.07, 6.45) is 3.28. The minimum absolute atomic E-state index is 0.0686. The summed E-state index contributed by atoms with van der Waals surface area (Å²) in [6.45, 7) is 0.483. The Morgan fingerprint density at radius 1 is 1.14 bits per heavy atom. The van der Waals surface area contributed by atoms with Crippen LogP contribution in [0.3, 0.4) is 0 Å². The SMILES string of the molecule is CO/N=C/CCOc1ccc(Cc2cccc([C@H]3CC(O)CC(CO)O3)c2)cc1. The highest BCUT2D eigenvalue weighted by atomic mass is 16.6. The number of benzene rings is 2. The molecule has 2 N–H and O–H groups in total. The van der Waals surface area contributed by atoms with Gasteiger partial charge in [0.2, 0.25) is 0 Å². The molecule has 29 heavy (non-hydrogen) atoms. The average molecular weight is 399 g/mol. The molecule has 3 atom stereocenters. The molecule has 0 bridgehead atoms. The van der Waals surface area contributed by atoms with E-state index in [1.807, 2.05) is 24.3 Å². The lowest BCUT2D eigenvalue weighted by Gasteiger charge is -2.32. The Labute approximate surface area is 171 Å². The molecule has 2 unspecified atom stereocenters. The van der Waals surface area contributed by atoms with Crippen LogP contribution in [-0.2, 0) is 16.0 Å². The molecular formula is C23H29NO5. The van der Waals surface area contributed by atoms with Gasteiger partial charge in [0.25, 0.3) is 0 Å². The number of rotatable bonds is 9. The molecule has 1 aliphatic heterocycles. The summed E-state index contributed by atoms with van der Waals surface area (Å²) in [5.41, 5.74) is 3.40. The first-order chi connectivity index (χ1) is 14.2. The van der Waals surface area contributed by atoms with Crippen LogP contribution in [0.25, 0.3) is 0 Å². The molecule has 156 valence electrons. The van der Waals surface area contributed by atoms with Crippen molar-refractivity contribution in [3.63, 3.8) is 0 Å². The lowest BCUT2D eigenvalue weighted by Crippen LogP contribution is -2.33. The predicted octanol–water partition coefficient (Wildman–Crippen LogP) is 3.25. The second kappa shape index (κ2) is 11.0. The molecule has 6 nitrogen and oxygen atoms in total. The molecule has 1 saturated heterocycles. The second-order valence-corrected chi connectivity index (χ2v) is 7.23. The molecule has 6 heteroatoms. The summed E-state index contributed by atoms with van der Waals surface area (Å²) in [7, 11) is 1.52. The Kier molecular flexibility index (Phi) is 8.04. The van der Waals surface area contributed by atoms with Gasteiger partial charge < -0.3 is 24.5 Å². The topological polar surface area (TPSA) is 80.5 Å². The summed E-state index contributed by atoms with van der Waals surface area (Å²) in [4.78, 5) is 4.61. The van der Waals surface area contributed by atoms with Crippen molar-refractivity contribution in [2.45, 2.75) is 44.0 Å². The summed E-state index contributed by atoms with van der Waals surface area (Å²) in [6, 6.07) is 16.3. The van der Waals surface area contributed by atoms with Crippen LogP contribution >= 0.6 is 0 Å². The van der Waals surface area contributed by atoms with E-state index in [1.54, 1.807) is 6.21 Å². The maximum absolute atomic E-state index is 10.1. The van der Waals surface area contributed by atoms with Gasteiger partial charge in [0, 0.05) is 25.5 Å². The Morgan fingerprint density at radius 2 is 1.97 bits per heavy atom. The fourth-order valence-electron chi connectivity index (χ4n) is 3.52. The van der Waals surface area contributed by atoms with Gasteiger partial charge in [0.1, 0.15) is 12.9 Å². The number of hydrogen-bond donors (Lipinski definition) is 2. The van der Waals surface area contributed by atoms with E-state index in [1.165, 1.54) is 18.2 Å². The molecule has 1 heterocycles. The quantitative estimate of drug-likeness (QED) is 0.384. The third-order valence-corrected chi connectivity index (χ3v) is 4.93. The molecule has 0 aromatic heterocycles. The van der Waals surface area contributed by atoms with E-state index in [2.05, 4.69) is 34.3 Å². The molecule has 0 amide bonds. The highest BCUT2D eigenvalue weighted by Gasteiger charge is 2.28. The van der Waals surface area contributed by atoms with Crippen molar-refractivity contribution >= 4 is 6.21 Å². The number of aliphatic hydroxyl groups excluding tert-OH is 2. The van der Waals surface area contributed by atoms with E-state index in [4.69, 9.17) is 9.47 Å². The monoisotopic (exact) mass is 399 g/mol. The molecule has 2 aromatic carbocycles. The van der Waals surface area contributed by atoms with Crippen LogP contribution in [0, 0.1) is 0 Å². The first kappa shape index (κ1) is 21.3. The molecule has 1 aliphatic rings. The summed E-state index contributed by atoms with van der Waals surface area (Å²) in [5.74, 6) is 0.827. The van der Waals surface area contributed by atoms with Gasteiger partial charge in [-0.05, 0) is 35.2 Å². The van der Waals surface area contributed by atoms with Gasteiger partial charge in [0.15, 0.2) is 0 Å². The fourth-order valence-corrected chi connectivity index (χ4v) is 3.52. The average Bonchev–Trinajstić information content (AvgIpc) is 2.74. The van der Waals surface area contributed by atoms with Crippen molar-refractivity contribution in [2.24, 2.45) is 5.16 Å². The van der Waals surface area contributed by atoms with Crippen molar-refractivity contribution < 1.29 is 24.5 Å². The van der Waals surface area contributed by atoms with Crippen molar-refractivity contribution in [1.82, 2.24) is 0 Å². The van der Waals surface area contributed by atoms with Crippen molar-refractivity contribution in [1.29, 1.82) is 0 Å². The first-order valence-electron chi connectivity index (χ1n) is 9.98. The fraction of sp³-hybridized carbons (Fsp3) is 0.435. The van der Waals surface area contributed by atoms with Gasteiger partial charge in [-0.15, -0.1) is 0 Å². The Morgan fingerprint density at radius 3 is 2.72 bits per heavy atom. The van der Waals surface area contributed by atoms with Gasteiger partial charge in [-0.1, -0.05) is 41.6 Å². The number of nitrogens with zero attached hydrogens (tertiary/aromatic N) is 1. The Hall–Kier alpha value is -2.41. The molecule has 0 aliphatic carbocycles. The zero-order chi connectivity index (χ0) is 20.5. The van der Waals surface area contributed by atoms with E-state index in [-0.39, 0.29) is 18.8 Å². The number of ether oxygens (including phenoxy) is 2. The van der Waals surface area contributed by atoms with Gasteiger partial charge >= 0.3 is 0 Å². The minimum Gasteiger partial charge on any atom is -0.493 e. The van der Waals surface area contributed by atoms with Gasteiger partial charge in [0.05, 0.1) is 31.5 Å². The highest BCUT2D eigenvalue weighted by molar-refractivity contribution is 5.56. The van der Waals surface area contributed by atoms with Gasteiger partial charge in [-0.25, -0.2) is 0 Å². The van der Waals surface area contributed by atoms with Crippen molar-refractivity contribution in [2.75, 3.05) is 20.3 Å². The molecule has 3 rings (SSSR count). The maximum Gasteiger partial charge on any atom is 0.119 e. The second-order valence-electron chi connectivity index (χ2n) is 7.23. The van der Waals surface area contributed by atoms with E-state index in [0.717, 1.165) is 17.7 Å². The highest BCUT2D eigenvalue weighted by Crippen LogP contribution is 2.32. The maximum atomic E-state index is 10.1. The van der Waals surface area contributed by atoms with E-state index >= 15 is 0 Å². The molecular weight excluding hydrogens is 370 g/mol. The smallest absolute Gasteiger partial charge is 0.119 e. The van der Waals surface area contributed by atoms with Crippen LogP contribution in [0.1, 0.15) is 42.1 Å². The first-order valence-corrected chi connectivity index (χ1v) is 9.98. The van der Waals surface area contributed by atoms with Crippen LogP contribution in [0.4, 0.5) is 0 Å². The lowest BCUT2D eigenvalue weighted by atomic mass is 9.94. The third kappa shape index (κ3) is 6.56. The summed E-state index contributed by atoms with van der Waals surface area (Å²) >= 11 is 0. The van der Waals surface area contributed by atoms with Crippen LogP contribution in [0.5, 0.6) is 5.75 Å². The van der Waals surface area contributed by atoms with Crippen molar-refractivity contribution in [3.05, 3.63) is 65.2 Å². The number of oxime groups is 1.